The van der Waals surface area contributed by atoms with Crippen LogP contribution in [0.2, 0.25) is 0 Å². The van der Waals surface area contributed by atoms with Crippen molar-refractivity contribution in [3.05, 3.63) is 71.5 Å². The van der Waals surface area contributed by atoms with Crippen LogP contribution in [0, 0.1) is 0 Å². The number of hydrogen-bond acceptors (Lipinski definition) is 4. The topological polar surface area (TPSA) is 64.4 Å². The molecule has 0 amide bonds. The number of Topliss-reactive ketones (excluding diaryl/α,β-unsaturated/α-hetero) is 1. The molecule has 1 heterocycles. The maximum atomic E-state index is 12.9. The van der Waals surface area contributed by atoms with E-state index in [1.54, 1.807) is 30.1 Å². The Balaban J connectivity index is 1.75. The maximum absolute atomic E-state index is 12.9. The number of para-hydroxylation sites is 1. The van der Waals surface area contributed by atoms with Gasteiger partial charge >= 0.3 is 0 Å². The first kappa shape index (κ1) is 20.6. The normalized spacial score (nSPS) is 10.8. The molecule has 0 unspecified atom stereocenters. The third-order valence-corrected chi connectivity index (χ3v) is 5.02. The predicted octanol–water partition coefficient (Wildman–Crippen LogP) is 5.13. The van der Waals surface area contributed by atoms with Gasteiger partial charge in [0.15, 0.2) is 5.78 Å². The van der Waals surface area contributed by atoms with Crippen molar-refractivity contribution in [1.82, 2.24) is 9.78 Å². The molecule has 5 nitrogen and oxygen atoms in total. The Morgan fingerprint density at radius 1 is 1.14 bits per heavy atom. The molecule has 0 atom stereocenters. The summed E-state index contributed by atoms with van der Waals surface area (Å²) in [5, 5.41) is 14.7. The van der Waals surface area contributed by atoms with Crippen molar-refractivity contribution in [2.24, 2.45) is 0 Å². The quantitative estimate of drug-likeness (QED) is 0.383. The zero-order valence-corrected chi connectivity index (χ0v) is 17.1. The molecule has 152 valence electrons. The fourth-order valence-electron chi connectivity index (χ4n) is 3.42. The van der Waals surface area contributed by atoms with E-state index in [9.17, 15) is 9.90 Å². The Morgan fingerprint density at radius 2 is 1.93 bits per heavy atom. The lowest BCUT2D eigenvalue weighted by atomic mass is 9.98. The molecule has 0 saturated carbocycles. The number of carbonyl (C=O) groups excluding carboxylic acids is 1. The van der Waals surface area contributed by atoms with Crippen molar-refractivity contribution in [2.45, 2.75) is 45.4 Å². The van der Waals surface area contributed by atoms with Gasteiger partial charge < -0.3 is 9.84 Å². The third kappa shape index (κ3) is 5.25. The molecule has 0 fully saturated rings. The molecule has 0 bridgehead atoms. The number of ether oxygens (including phenoxy) is 1. The van der Waals surface area contributed by atoms with Gasteiger partial charge in [-0.25, -0.2) is 4.68 Å². The van der Waals surface area contributed by atoms with E-state index in [-0.39, 0.29) is 18.0 Å². The summed E-state index contributed by atoms with van der Waals surface area (Å²) in [6.45, 7) is 2.18. The highest BCUT2D eigenvalue weighted by atomic mass is 16.5. The molecule has 1 aromatic heterocycles. The number of methoxy groups -OCH3 is 1. The number of aromatic nitrogens is 2. The molecule has 0 radical (unpaired) electrons. The number of benzene rings is 2. The van der Waals surface area contributed by atoms with Crippen molar-refractivity contribution in [3.8, 4) is 17.2 Å². The minimum atomic E-state index is -0.132. The van der Waals surface area contributed by atoms with Crippen molar-refractivity contribution < 1.29 is 14.6 Å². The second-order valence-corrected chi connectivity index (χ2v) is 7.22. The Bertz CT molecular complexity index is 948. The van der Waals surface area contributed by atoms with E-state index in [4.69, 9.17) is 4.74 Å². The average molecular weight is 392 g/mol. The summed E-state index contributed by atoms with van der Waals surface area (Å²) in [5.74, 6) is 0.458. The molecular formula is C24H28N2O3. The van der Waals surface area contributed by atoms with Crippen LogP contribution < -0.4 is 4.74 Å². The van der Waals surface area contributed by atoms with E-state index >= 15 is 0 Å². The molecule has 29 heavy (non-hydrogen) atoms. The first-order valence-corrected chi connectivity index (χ1v) is 10.1. The van der Waals surface area contributed by atoms with Crippen LogP contribution in [0.25, 0.3) is 5.69 Å². The summed E-state index contributed by atoms with van der Waals surface area (Å²) in [6.07, 6.45) is 9.09. The van der Waals surface area contributed by atoms with Crippen LogP contribution in [0.3, 0.4) is 0 Å². The number of rotatable bonds is 10. The van der Waals surface area contributed by atoms with E-state index in [0.29, 0.717) is 11.3 Å². The number of phenols is 1. The van der Waals surface area contributed by atoms with E-state index in [1.807, 2.05) is 36.5 Å². The third-order valence-electron chi connectivity index (χ3n) is 5.02. The number of unbranched alkanes of at least 4 members (excludes halogenated alkanes) is 3. The van der Waals surface area contributed by atoms with Gasteiger partial charge in [-0.3, -0.25) is 4.79 Å². The van der Waals surface area contributed by atoms with Gasteiger partial charge in [-0.15, -0.1) is 0 Å². The molecule has 0 saturated heterocycles. The molecule has 1 N–H and O–H groups in total. The van der Waals surface area contributed by atoms with E-state index in [2.05, 4.69) is 12.0 Å². The van der Waals surface area contributed by atoms with Gasteiger partial charge in [-0.2, -0.15) is 5.10 Å². The second kappa shape index (κ2) is 9.92. The molecule has 0 aliphatic carbocycles. The Morgan fingerprint density at radius 3 is 2.66 bits per heavy atom. The Labute approximate surface area is 172 Å². The summed E-state index contributed by atoms with van der Waals surface area (Å²) < 4.78 is 7.15. The number of aromatic hydroxyl groups is 1. The Hall–Kier alpha value is -3.08. The molecule has 0 aliphatic rings. The zero-order chi connectivity index (χ0) is 20.6. The summed E-state index contributed by atoms with van der Waals surface area (Å²) >= 11 is 0. The standard InChI is InChI=1S/C24H28N2O3/c1-3-4-5-7-10-19-14-21(23(28)15-24(19)29-2)22(27)13-18-16-25-26(17-18)20-11-8-6-9-12-20/h6,8-9,11-12,14-17,28H,3-5,7,10,13H2,1-2H3. The highest BCUT2D eigenvalue weighted by Crippen LogP contribution is 2.30. The molecule has 0 spiro atoms. The first-order chi connectivity index (χ1) is 14.1. The molecule has 2 aromatic carbocycles. The molecule has 3 aromatic rings. The average Bonchev–Trinajstić information content (AvgIpc) is 3.20. The van der Waals surface area contributed by atoms with Crippen molar-refractivity contribution in [1.29, 1.82) is 0 Å². The van der Waals surface area contributed by atoms with E-state index in [0.717, 1.165) is 36.1 Å². The van der Waals surface area contributed by atoms with Crippen LogP contribution in [-0.4, -0.2) is 27.8 Å². The smallest absolute Gasteiger partial charge is 0.171 e. The number of carbonyl (C=O) groups is 1. The summed E-state index contributed by atoms with van der Waals surface area (Å²) in [5.41, 5.74) is 3.04. The highest BCUT2D eigenvalue weighted by Gasteiger charge is 2.17. The summed E-state index contributed by atoms with van der Waals surface area (Å²) in [6, 6.07) is 13.1. The largest absolute Gasteiger partial charge is 0.507 e. The molecular weight excluding hydrogens is 364 g/mol. The minimum Gasteiger partial charge on any atom is -0.507 e. The van der Waals surface area contributed by atoms with Crippen molar-refractivity contribution in [3.63, 3.8) is 0 Å². The van der Waals surface area contributed by atoms with Crippen molar-refractivity contribution in [2.75, 3.05) is 7.11 Å². The van der Waals surface area contributed by atoms with Gasteiger partial charge in [0.05, 0.1) is 24.6 Å². The lowest BCUT2D eigenvalue weighted by molar-refractivity contribution is 0.0990. The molecule has 0 aliphatic heterocycles. The lowest BCUT2D eigenvalue weighted by Crippen LogP contribution is -2.05. The van der Waals surface area contributed by atoms with Gasteiger partial charge in [0.1, 0.15) is 11.5 Å². The van der Waals surface area contributed by atoms with E-state index in [1.165, 1.54) is 12.8 Å². The summed E-state index contributed by atoms with van der Waals surface area (Å²) in [4.78, 5) is 12.9. The number of aryl methyl sites for hydroxylation is 1. The second-order valence-electron chi connectivity index (χ2n) is 7.22. The molecule has 5 heteroatoms. The van der Waals surface area contributed by atoms with Crippen LogP contribution >= 0.6 is 0 Å². The number of phenolic OH excluding ortho intramolecular Hbond substituents is 1. The maximum Gasteiger partial charge on any atom is 0.171 e. The minimum absolute atomic E-state index is 0.0420. The monoisotopic (exact) mass is 392 g/mol. The number of ketones is 1. The van der Waals surface area contributed by atoms with Gasteiger partial charge in [0.2, 0.25) is 0 Å². The van der Waals surface area contributed by atoms with Crippen LogP contribution in [0.1, 0.15) is 54.1 Å². The van der Waals surface area contributed by atoms with Crippen LogP contribution in [0.5, 0.6) is 11.5 Å². The SMILES string of the molecule is CCCCCCc1cc(C(=O)Cc2cnn(-c3ccccc3)c2)c(O)cc1OC. The number of hydrogen-bond donors (Lipinski definition) is 1. The van der Waals surface area contributed by atoms with Gasteiger partial charge in [0, 0.05) is 18.7 Å². The highest BCUT2D eigenvalue weighted by molar-refractivity contribution is 6.00. The van der Waals surface area contributed by atoms with Crippen molar-refractivity contribution >= 4 is 5.78 Å². The fourth-order valence-corrected chi connectivity index (χ4v) is 3.42. The van der Waals surface area contributed by atoms with Gasteiger partial charge in [-0.1, -0.05) is 44.4 Å². The summed E-state index contributed by atoms with van der Waals surface area (Å²) in [7, 11) is 1.59. The predicted molar refractivity (Wildman–Crippen MR) is 114 cm³/mol. The fraction of sp³-hybridized carbons (Fsp3) is 0.333. The van der Waals surface area contributed by atoms with Crippen LogP contribution in [-0.2, 0) is 12.8 Å². The zero-order valence-electron chi connectivity index (χ0n) is 17.1. The number of nitrogens with zero attached hydrogens (tertiary/aromatic N) is 2. The Kier molecular flexibility index (Phi) is 7.06. The van der Waals surface area contributed by atoms with Gasteiger partial charge in [0.25, 0.3) is 0 Å². The van der Waals surface area contributed by atoms with Crippen LogP contribution in [0.4, 0.5) is 0 Å². The van der Waals surface area contributed by atoms with E-state index < -0.39 is 0 Å². The lowest BCUT2D eigenvalue weighted by Gasteiger charge is -2.12. The van der Waals surface area contributed by atoms with Gasteiger partial charge in [-0.05, 0) is 42.2 Å². The first-order valence-electron chi connectivity index (χ1n) is 10.1. The molecule has 3 rings (SSSR count). The van der Waals surface area contributed by atoms with Crippen LogP contribution in [0.15, 0.2) is 54.9 Å².